The molecule has 0 saturated carbocycles. The largest absolute Gasteiger partial charge is 0.339 e. The number of amides is 1. The molecule has 0 bridgehead atoms. The number of hydrogen-bond donors (Lipinski definition) is 1. The van der Waals surface area contributed by atoms with Gasteiger partial charge in [-0.1, -0.05) is 6.92 Å². The summed E-state index contributed by atoms with van der Waals surface area (Å²) in [6.45, 7) is 8.49. The van der Waals surface area contributed by atoms with Crippen molar-refractivity contribution < 1.29 is 4.79 Å². The van der Waals surface area contributed by atoms with Gasteiger partial charge >= 0.3 is 0 Å². The number of carbonyl (C=O) groups is 1. The Bertz CT molecular complexity index is 454. The molecule has 2 saturated heterocycles. The number of nitrogens with zero attached hydrogens (tertiary/aromatic N) is 5. The van der Waals surface area contributed by atoms with Gasteiger partial charge in [0.15, 0.2) is 0 Å². The SMILES string of the molecule is CCN1CCC[C@H](C(=O)N2CCN(c3ncn[nH]3)CC2)C1. The van der Waals surface area contributed by atoms with Gasteiger partial charge in [-0.2, -0.15) is 10.1 Å². The van der Waals surface area contributed by atoms with E-state index in [2.05, 4.69) is 31.9 Å². The van der Waals surface area contributed by atoms with Crippen LogP contribution in [-0.4, -0.2) is 76.7 Å². The number of piperidine rings is 1. The van der Waals surface area contributed by atoms with Gasteiger partial charge in [0.05, 0.1) is 5.92 Å². The molecule has 2 aliphatic heterocycles. The van der Waals surface area contributed by atoms with E-state index in [1.165, 1.54) is 6.33 Å². The maximum atomic E-state index is 12.7. The minimum absolute atomic E-state index is 0.190. The molecule has 7 heteroatoms. The van der Waals surface area contributed by atoms with Crippen LogP contribution in [0.25, 0.3) is 0 Å². The topological polar surface area (TPSA) is 68.4 Å². The summed E-state index contributed by atoms with van der Waals surface area (Å²) in [7, 11) is 0. The zero-order chi connectivity index (χ0) is 14.7. The van der Waals surface area contributed by atoms with Gasteiger partial charge in [0.2, 0.25) is 11.9 Å². The maximum absolute atomic E-state index is 12.7. The highest BCUT2D eigenvalue weighted by molar-refractivity contribution is 5.79. The number of nitrogens with one attached hydrogen (secondary N) is 1. The predicted octanol–water partition coefficient (Wildman–Crippen LogP) is 0.185. The van der Waals surface area contributed by atoms with Gasteiger partial charge in [-0.25, -0.2) is 5.10 Å². The minimum atomic E-state index is 0.190. The molecule has 21 heavy (non-hydrogen) atoms. The van der Waals surface area contributed by atoms with Crippen LogP contribution in [0.15, 0.2) is 6.33 Å². The molecule has 0 unspecified atom stereocenters. The van der Waals surface area contributed by atoms with E-state index in [0.717, 1.165) is 64.6 Å². The third-order valence-electron chi connectivity index (χ3n) is 4.60. The molecule has 0 spiro atoms. The lowest BCUT2D eigenvalue weighted by Gasteiger charge is -2.38. The van der Waals surface area contributed by atoms with E-state index in [4.69, 9.17) is 0 Å². The van der Waals surface area contributed by atoms with Crippen molar-refractivity contribution in [3.05, 3.63) is 6.33 Å². The summed E-state index contributed by atoms with van der Waals surface area (Å²) in [6.07, 6.45) is 3.70. The van der Waals surface area contributed by atoms with E-state index in [1.54, 1.807) is 0 Å². The van der Waals surface area contributed by atoms with Crippen LogP contribution in [-0.2, 0) is 4.79 Å². The van der Waals surface area contributed by atoms with Gasteiger partial charge in [-0.15, -0.1) is 0 Å². The Morgan fingerprint density at radius 3 is 2.81 bits per heavy atom. The molecule has 2 fully saturated rings. The third-order valence-corrected chi connectivity index (χ3v) is 4.60. The van der Waals surface area contributed by atoms with Crippen molar-refractivity contribution >= 4 is 11.9 Å². The summed E-state index contributed by atoms with van der Waals surface area (Å²) in [5, 5.41) is 6.76. The van der Waals surface area contributed by atoms with Crippen LogP contribution in [0.3, 0.4) is 0 Å². The van der Waals surface area contributed by atoms with Crippen LogP contribution < -0.4 is 4.90 Å². The van der Waals surface area contributed by atoms with Crippen molar-refractivity contribution in [3.8, 4) is 0 Å². The van der Waals surface area contributed by atoms with Crippen molar-refractivity contribution in [2.24, 2.45) is 5.92 Å². The lowest BCUT2D eigenvalue weighted by Crippen LogP contribution is -2.52. The first-order chi connectivity index (χ1) is 10.3. The number of piperazine rings is 1. The zero-order valence-electron chi connectivity index (χ0n) is 12.7. The van der Waals surface area contributed by atoms with Crippen molar-refractivity contribution in [3.63, 3.8) is 0 Å². The minimum Gasteiger partial charge on any atom is -0.339 e. The zero-order valence-corrected chi connectivity index (χ0v) is 12.7. The summed E-state index contributed by atoms with van der Waals surface area (Å²) in [4.78, 5) is 23.4. The van der Waals surface area contributed by atoms with E-state index in [-0.39, 0.29) is 5.92 Å². The molecule has 3 rings (SSSR count). The molecule has 1 atom stereocenters. The summed E-state index contributed by atoms with van der Waals surface area (Å²) >= 11 is 0. The Balaban J connectivity index is 1.53. The number of H-pyrrole nitrogens is 1. The molecule has 0 aromatic carbocycles. The van der Waals surface area contributed by atoms with E-state index >= 15 is 0 Å². The smallest absolute Gasteiger partial charge is 0.227 e. The molecule has 0 radical (unpaired) electrons. The van der Waals surface area contributed by atoms with Crippen LogP contribution in [0.4, 0.5) is 5.95 Å². The molecule has 2 aliphatic rings. The molecule has 3 heterocycles. The fraction of sp³-hybridized carbons (Fsp3) is 0.786. The Hall–Kier alpha value is -1.63. The Labute approximate surface area is 125 Å². The molecule has 1 N–H and O–H groups in total. The van der Waals surface area contributed by atoms with Gasteiger partial charge in [0.1, 0.15) is 6.33 Å². The second-order valence-electron chi connectivity index (χ2n) is 5.85. The number of aromatic nitrogens is 3. The Morgan fingerprint density at radius 1 is 1.33 bits per heavy atom. The van der Waals surface area contributed by atoms with E-state index in [1.807, 2.05) is 4.90 Å². The van der Waals surface area contributed by atoms with E-state index in [9.17, 15) is 4.79 Å². The fourth-order valence-corrected chi connectivity index (χ4v) is 3.29. The quantitative estimate of drug-likeness (QED) is 0.861. The number of hydrogen-bond acceptors (Lipinski definition) is 5. The molecule has 1 aromatic heterocycles. The predicted molar refractivity (Wildman–Crippen MR) is 80.0 cm³/mol. The number of rotatable bonds is 3. The first-order valence-corrected chi connectivity index (χ1v) is 7.89. The van der Waals surface area contributed by atoms with Crippen LogP contribution >= 0.6 is 0 Å². The standard InChI is InChI=1S/C14H24N6O/c1-2-18-5-3-4-12(10-18)13(21)19-6-8-20(9-7-19)14-15-11-16-17-14/h11-12H,2-10H2,1H3,(H,15,16,17)/t12-/m0/s1. The average molecular weight is 292 g/mol. The monoisotopic (exact) mass is 292 g/mol. The van der Waals surface area contributed by atoms with Crippen LogP contribution in [0.2, 0.25) is 0 Å². The van der Waals surface area contributed by atoms with Crippen LogP contribution in [0.5, 0.6) is 0 Å². The summed E-state index contributed by atoms with van der Waals surface area (Å²) in [6, 6.07) is 0. The maximum Gasteiger partial charge on any atom is 0.227 e. The fourth-order valence-electron chi connectivity index (χ4n) is 3.29. The molecule has 1 amide bonds. The van der Waals surface area contributed by atoms with Crippen LogP contribution in [0.1, 0.15) is 19.8 Å². The van der Waals surface area contributed by atoms with Crippen molar-refractivity contribution in [2.75, 3.05) is 50.7 Å². The van der Waals surface area contributed by atoms with Crippen molar-refractivity contribution in [2.45, 2.75) is 19.8 Å². The highest BCUT2D eigenvalue weighted by Crippen LogP contribution is 2.20. The van der Waals surface area contributed by atoms with Gasteiger partial charge < -0.3 is 14.7 Å². The molecular formula is C14H24N6O. The molecule has 7 nitrogen and oxygen atoms in total. The van der Waals surface area contributed by atoms with Crippen molar-refractivity contribution in [1.29, 1.82) is 0 Å². The lowest BCUT2D eigenvalue weighted by atomic mass is 9.96. The number of anilines is 1. The second-order valence-corrected chi connectivity index (χ2v) is 5.85. The Morgan fingerprint density at radius 2 is 2.14 bits per heavy atom. The summed E-state index contributed by atoms with van der Waals surface area (Å²) in [5.41, 5.74) is 0. The molecule has 1 aromatic rings. The van der Waals surface area contributed by atoms with E-state index < -0.39 is 0 Å². The van der Waals surface area contributed by atoms with Gasteiger partial charge in [0, 0.05) is 32.7 Å². The van der Waals surface area contributed by atoms with Gasteiger partial charge in [0.25, 0.3) is 0 Å². The molecule has 116 valence electrons. The lowest BCUT2D eigenvalue weighted by molar-refractivity contribution is -0.137. The average Bonchev–Trinajstić information content (AvgIpc) is 3.09. The number of likely N-dealkylation sites (tertiary alicyclic amines) is 1. The van der Waals surface area contributed by atoms with E-state index in [0.29, 0.717) is 5.91 Å². The van der Waals surface area contributed by atoms with Crippen LogP contribution in [0, 0.1) is 5.92 Å². The third kappa shape index (κ3) is 3.18. The molecule has 0 aliphatic carbocycles. The second kappa shape index (κ2) is 6.43. The number of carbonyl (C=O) groups excluding carboxylic acids is 1. The molecular weight excluding hydrogens is 268 g/mol. The highest BCUT2D eigenvalue weighted by Gasteiger charge is 2.30. The van der Waals surface area contributed by atoms with Crippen molar-refractivity contribution in [1.82, 2.24) is 25.0 Å². The Kier molecular flexibility index (Phi) is 4.38. The first kappa shape index (κ1) is 14.3. The van der Waals surface area contributed by atoms with Gasteiger partial charge in [-0.3, -0.25) is 4.79 Å². The first-order valence-electron chi connectivity index (χ1n) is 7.89. The van der Waals surface area contributed by atoms with Gasteiger partial charge in [-0.05, 0) is 25.9 Å². The summed E-state index contributed by atoms with van der Waals surface area (Å²) < 4.78 is 0. The normalized spacial score (nSPS) is 24.3. The highest BCUT2D eigenvalue weighted by atomic mass is 16.2. The number of aromatic amines is 1. The summed E-state index contributed by atoms with van der Waals surface area (Å²) in [5.74, 6) is 1.33.